The fraction of sp³-hybridized carbons (Fsp3) is 0.217. The first kappa shape index (κ1) is 20.2. The van der Waals surface area contributed by atoms with Gasteiger partial charge < -0.3 is 20.1 Å². The number of hydrogen-bond donors (Lipinski definition) is 2. The van der Waals surface area contributed by atoms with E-state index in [1.807, 2.05) is 6.07 Å². The summed E-state index contributed by atoms with van der Waals surface area (Å²) in [4.78, 5) is 23.9. The first-order valence-corrected chi connectivity index (χ1v) is 9.41. The predicted octanol–water partition coefficient (Wildman–Crippen LogP) is 4.26. The van der Waals surface area contributed by atoms with E-state index in [0.29, 0.717) is 23.8 Å². The van der Waals surface area contributed by atoms with Gasteiger partial charge in [0, 0.05) is 23.4 Å². The summed E-state index contributed by atoms with van der Waals surface area (Å²) >= 11 is 0. The molecule has 1 aliphatic carbocycles. The number of benzene rings is 2. The van der Waals surface area contributed by atoms with Crippen molar-refractivity contribution in [2.45, 2.75) is 12.8 Å². The third-order valence-corrected chi connectivity index (χ3v) is 4.34. The summed E-state index contributed by atoms with van der Waals surface area (Å²) in [5.74, 6) is 1.15. The zero-order valence-electron chi connectivity index (χ0n) is 16.3. The van der Waals surface area contributed by atoms with Crippen LogP contribution in [0.3, 0.4) is 0 Å². The highest BCUT2D eigenvalue weighted by atomic mass is 16.5. The molecular weight excluding hydrogens is 368 g/mol. The first-order valence-electron chi connectivity index (χ1n) is 9.41. The van der Waals surface area contributed by atoms with Crippen molar-refractivity contribution >= 4 is 29.3 Å². The van der Waals surface area contributed by atoms with Crippen LogP contribution in [-0.4, -0.2) is 25.5 Å². The van der Waals surface area contributed by atoms with Gasteiger partial charge in [-0.15, -0.1) is 0 Å². The number of rotatable bonds is 9. The fourth-order valence-electron chi connectivity index (χ4n) is 2.64. The monoisotopic (exact) mass is 392 g/mol. The highest BCUT2D eigenvalue weighted by molar-refractivity contribution is 6.02. The van der Waals surface area contributed by atoms with Crippen molar-refractivity contribution in [2.24, 2.45) is 5.92 Å². The molecule has 3 rings (SSSR count). The van der Waals surface area contributed by atoms with Crippen LogP contribution in [0.5, 0.6) is 11.5 Å². The van der Waals surface area contributed by atoms with E-state index in [9.17, 15) is 9.59 Å². The molecule has 0 aliphatic heterocycles. The highest BCUT2D eigenvalue weighted by Crippen LogP contribution is 2.30. The second kappa shape index (κ2) is 9.59. The summed E-state index contributed by atoms with van der Waals surface area (Å²) in [6.07, 6.45) is 6.72. The third kappa shape index (κ3) is 5.97. The van der Waals surface area contributed by atoms with Gasteiger partial charge >= 0.3 is 0 Å². The van der Waals surface area contributed by atoms with Gasteiger partial charge in [-0.3, -0.25) is 9.59 Å². The van der Waals surface area contributed by atoms with Gasteiger partial charge in [0.05, 0.1) is 7.11 Å². The summed E-state index contributed by atoms with van der Waals surface area (Å²) in [6.45, 7) is 4.00. The minimum Gasteiger partial charge on any atom is -0.493 e. The van der Waals surface area contributed by atoms with Crippen molar-refractivity contribution in [3.05, 3.63) is 66.8 Å². The number of nitrogens with one attached hydrogen (secondary N) is 2. The summed E-state index contributed by atoms with van der Waals surface area (Å²) in [5.41, 5.74) is 2.18. The van der Waals surface area contributed by atoms with Crippen LogP contribution >= 0.6 is 0 Å². The molecule has 0 heterocycles. The van der Waals surface area contributed by atoms with Crippen molar-refractivity contribution in [1.82, 2.24) is 0 Å². The number of ether oxygens (including phenoxy) is 2. The Kier molecular flexibility index (Phi) is 6.68. The van der Waals surface area contributed by atoms with E-state index in [-0.39, 0.29) is 17.7 Å². The lowest BCUT2D eigenvalue weighted by Gasteiger charge is -2.09. The van der Waals surface area contributed by atoms with Gasteiger partial charge in [-0.2, -0.15) is 0 Å². The molecule has 2 aromatic carbocycles. The SMILES string of the molecule is C=CCOc1ccc(/C=C/C(=O)Nc2ccc(NC(=O)C3CC3)cc2)cc1OC. The van der Waals surface area contributed by atoms with Crippen LogP contribution < -0.4 is 20.1 Å². The average molecular weight is 392 g/mol. The Labute approximate surface area is 170 Å². The lowest BCUT2D eigenvalue weighted by molar-refractivity contribution is -0.117. The van der Waals surface area contributed by atoms with Crippen LogP contribution in [0.4, 0.5) is 11.4 Å². The molecule has 0 aromatic heterocycles. The van der Waals surface area contributed by atoms with Gasteiger partial charge in [0.1, 0.15) is 6.61 Å². The maximum Gasteiger partial charge on any atom is 0.248 e. The first-order chi connectivity index (χ1) is 14.1. The standard InChI is InChI=1S/C23H24N2O4/c1-3-14-29-20-12-4-16(15-21(20)28-2)5-13-22(26)24-18-8-10-19(11-9-18)25-23(27)17-6-7-17/h3-5,8-13,15,17H,1,6-7,14H2,2H3,(H,24,26)(H,25,27)/b13-5+. The molecule has 0 radical (unpaired) electrons. The number of carbonyl (C=O) groups is 2. The Hall–Kier alpha value is -3.54. The van der Waals surface area contributed by atoms with Crippen LogP contribution in [0.15, 0.2) is 61.2 Å². The Morgan fingerprint density at radius 3 is 2.38 bits per heavy atom. The van der Waals surface area contributed by atoms with Gasteiger partial charge in [-0.25, -0.2) is 0 Å². The van der Waals surface area contributed by atoms with Crippen molar-refractivity contribution < 1.29 is 19.1 Å². The van der Waals surface area contributed by atoms with Crippen molar-refractivity contribution in [2.75, 3.05) is 24.4 Å². The Morgan fingerprint density at radius 1 is 1.07 bits per heavy atom. The quantitative estimate of drug-likeness (QED) is 0.494. The topological polar surface area (TPSA) is 76.7 Å². The fourth-order valence-corrected chi connectivity index (χ4v) is 2.64. The molecule has 2 aromatic rings. The second-order valence-electron chi connectivity index (χ2n) is 6.67. The zero-order valence-corrected chi connectivity index (χ0v) is 16.3. The molecule has 1 saturated carbocycles. The molecule has 0 atom stereocenters. The number of hydrogen-bond acceptors (Lipinski definition) is 4. The van der Waals surface area contributed by atoms with Crippen LogP contribution in [-0.2, 0) is 9.59 Å². The normalized spacial score (nSPS) is 13.0. The predicted molar refractivity (Wildman–Crippen MR) is 114 cm³/mol. The Morgan fingerprint density at radius 2 is 1.76 bits per heavy atom. The number of anilines is 2. The van der Waals surface area contributed by atoms with E-state index in [0.717, 1.165) is 24.1 Å². The van der Waals surface area contributed by atoms with E-state index < -0.39 is 0 Å². The largest absolute Gasteiger partial charge is 0.493 e. The molecule has 2 N–H and O–H groups in total. The molecule has 0 saturated heterocycles. The molecule has 150 valence electrons. The van der Waals surface area contributed by atoms with Gasteiger partial charge in [-0.05, 0) is 60.9 Å². The van der Waals surface area contributed by atoms with Crippen LogP contribution in [0.25, 0.3) is 6.08 Å². The lowest BCUT2D eigenvalue weighted by Crippen LogP contribution is -2.13. The molecule has 1 aliphatic rings. The third-order valence-electron chi connectivity index (χ3n) is 4.34. The zero-order chi connectivity index (χ0) is 20.6. The number of amides is 2. The van der Waals surface area contributed by atoms with Crippen LogP contribution in [0.1, 0.15) is 18.4 Å². The molecule has 6 heteroatoms. The lowest BCUT2D eigenvalue weighted by atomic mass is 10.2. The molecule has 0 bridgehead atoms. The summed E-state index contributed by atoms with van der Waals surface area (Å²) < 4.78 is 10.8. The van der Waals surface area contributed by atoms with Crippen molar-refractivity contribution in [1.29, 1.82) is 0 Å². The average Bonchev–Trinajstić information content (AvgIpc) is 3.58. The highest BCUT2D eigenvalue weighted by Gasteiger charge is 2.29. The maximum atomic E-state index is 12.2. The number of methoxy groups -OCH3 is 1. The van der Waals surface area contributed by atoms with E-state index in [4.69, 9.17) is 9.47 Å². The van der Waals surface area contributed by atoms with Gasteiger partial charge in [0.2, 0.25) is 11.8 Å². The van der Waals surface area contributed by atoms with Crippen molar-refractivity contribution in [3.63, 3.8) is 0 Å². The minimum atomic E-state index is -0.259. The van der Waals surface area contributed by atoms with Gasteiger partial charge in [0.25, 0.3) is 0 Å². The summed E-state index contributed by atoms with van der Waals surface area (Å²) in [5, 5.41) is 5.66. The smallest absolute Gasteiger partial charge is 0.248 e. The van der Waals surface area contributed by atoms with Crippen molar-refractivity contribution in [3.8, 4) is 11.5 Å². The number of carbonyl (C=O) groups excluding carboxylic acids is 2. The molecule has 0 unspecified atom stereocenters. The van der Waals surface area contributed by atoms with E-state index in [1.54, 1.807) is 55.7 Å². The van der Waals surface area contributed by atoms with Crippen LogP contribution in [0, 0.1) is 5.92 Å². The van der Waals surface area contributed by atoms with E-state index in [1.165, 1.54) is 6.08 Å². The summed E-state index contributed by atoms with van der Waals surface area (Å²) in [7, 11) is 1.56. The van der Waals surface area contributed by atoms with E-state index in [2.05, 4.69) is 17.2 Å². The van der Waals surface area contributed by atoms with Gasteiger partial charge in [0.15, 0.2) is 11.5 Å². The second-order valence-corrected chi connectivity index (χ2v) is 6.67. The molecule has 29 heavy (non-hydrogen) atoms. The maximum absolute atomic E-state index is 12.2. The molecule has 2 amide bonds. The van der Waals surface area contributed by atoms with Crippen LogP contribution in [0.2, 0.25) is 0 Å². The molecule has 0 spiro atoms. The van der Waals surface area contributed by atoms with E-state index >= 15 is 0 Å². The Balaban J connectivity index is 1.56. The molecular formula is C23H24N2O4. The molecule has 1 fully saturated rings. The molecule has 6 nitrogen and oxygen atoms in total. The Bertz CT molecular complexity index is 915. The minimum absolute atomic E-state index is 0.0565. The van der Waals surface area contributed by atoms with Gasteiger partial charge in [-0.1, -0.05) is 18.7 Å². The summed E-state index contributed by atoms with van der Waals surface area (Å²) in [6, 6.07) is 12.5.